The molecule has 1 aromatic carbocycles. The number of hydrogen-bond acceptors (Lipinski definition) is 7. The highest BCUT2D eigenvalue weighted by Gasteiger charge is 2.27. The standard InChI is InChI=1S/C21H22N2O6/c1-11-18(21(26)27-4)12(2)22-19(11)20(25)13(3)28-17(24)10-9-16-23-14-7-5-6-8-15(14)29-16/h5-8,13,22H,9-10H2,1-4H3/t13-/m1/s1. The van der Waals surface area contributed by atoms with Crippen molar-refractivity contribution in [2.75, 3.05) is 7.11 Å². The molecule has 2 heterocycles. The van der Waals surface area contributed by atoms with Gasteiger partial charge in [-0.3, -0.25) is 9.59 Å². The molecule has 0 unspecified atom stereocenters. The van der Waals surface area contributed by atoms with Crippen LogP contribution in [-0.4, -0.2) is 40.9 Å². The Balaban J connectivity index is 1.62. The predicted molar refractivity (Wildman–Crippen MR) is 104 cm³/mol. The van der Waals surface area contributed by atoms with Crippen LogP contribution in [0.4, 0.5) is 0 Å². The van der Waals surface area contributed by atoms with Crippen LogP contribution >= 0.6 is 0 Å². The molecule has 29 heavy (non-hydrogen) atoms. The van der Waals surface area contributed by atoms with Gasteiger partial charge in [0.15, 0.2) is 17.6 Å². The third-order valence-electron chi connectivity index (χ3n) is 4.63. The zero-order chi connectivity index (χ0) is 21.1. The molecule has 3 aromatic rings. The van der Waals surface area contributed by atoms with E-state index in [0.717, 1.165) is 5.52 Å². The minimum atomic E-state index is -1.01. The Labute approximate surface area is 167 Å². The SMILES string of the molecule is COC(=O)c1c(C)[nH]c(C(=O)[C@@H](C)OC(=O)CCc2nc3ccccc3o2)c1C. The number of Topliss-reactive ketones (excluding diaryl/α,β-unsaturated/α-hetero) is 1. The number of rotatable bonds is 7. The van der Waals surface area contributed by atoms with Crippen LogP contribution in [0, 0.1) is 13.8 Å². The number of nitrogens with zero attached hydrogens (tertiary/aromatic N) is 1. The molecule has 8 heteroatoms. The van der Waals surface area contributed by atoms with E-state index in [1.165, 1.54) is 14.0 Å². The van der Waals surface area contributed by atoms with Gasteiger partial charge in [0.1, 0.15) is 5.52 Å². The number of aromatic nitrogens is 2. The van der Waals surface area contributed by atoms with Crippen molar-refractivity contribution in [3.05, 3.63) is 52.7 Å². The molecule has 0 saturated carbocycles. The fourth-order valence-electron chi connectivity index (χ4n) is 3.15. The summed E-state index contributed by atoms with van der Waals surface area (Å²) in [6.45, 7) is 4.81. The lowest BCUT2D eigenvalue weighted by atomic mass is 10.1. The van der Waals surface area contributed by atoms with Gasteiger partial charge in [0.25, 0.3) is 0 Å². The van der Waals surface area contributed by atoms with Crippen molar-refractivity contribution < 1.29 is 28.3 Å². The molecule has 0 aliphatic heterocycles. The highest BCUT2D eigenvalue weighted by molar-refractivity contribution is 6.03. The molecule has 2 aromatic heterocycles. The van der Waals surface area contributed by atoms with Gasteiger partial charge in [-0.25, -0.2) is 9.78 Å². The fourth-order valence-corrected chi connectivity index (χ4v) is 3.15. The van der Waals surface area contributed by atoms with Gasteiger partial charge in [-0.05, 0) is 38.5 Å². The quantitative estimate of drug-likeness (QED) is 0.480. The number of methoxy groups -OCH3 is 1. The van der Waals surface area contributed by atoms with E-state index in [0.29, 0.717) is 28.3 Å². The highest BCUT2D eigenvalue weighted by atomic mass is 16.5. The number of ketones is 1. The van der Waals surface area contributed by atoms with Crippen LogP contribution in [0.1, 0.15) is 51.3 Å². The lowest BCUT2D eigenvalue weighted by Crippen LogP contribution is -2.25. The van der Waals surface area contributed by atoms with Crippen molar-refractivity contribution >= 4 is 28.8 Å². The topological polar surface area (TPSA) is 111 Å². The van der Waals surface area contributed by atoms with E-state index in [1.807, 2.05) is 18.2 Å². The molecular weight excluding hydrogens is 376 g/mol. The average Bonchev–Trinajstić information content (AvgIpc) is 3.25. The largest absolute Gasteiger partial charge is 0.465 e. The molecule has 0 bridgehead atoms. The van der Waals surface area contributed by atoms with Crippen LogP contribution in [-0.2, 0) is 20.7 Å². The van der Waals surface area contributed by atoms with E-state index in [4.69, 9.17) is 13.9 Å². The molecule has 0 aliphatic rings. The summed E-state index contributed by atoms with van der Waals surface area (Å²) in [7, 11) is 1.27. The number of ether oxygens (including phenoxy) is 2. The molecule has 0 saturated heterocycles. The minimum absolute atomic E-state index is 0.0284. The molecule has 1 N–H and O–H groups in total. The zero-order valence-electron chi connectivity index (χ0n) is 16.7. The summed E-state index contributed by atoms with van der Waals surface area (Å²) in [5.74, 6) is -1.06. The number of aromatic amines is 1. The number of carbonyl (C=O) groups excluding carboxylic acids is 3. The first-order chi connectivity index (χ1) is 13.8. The normalized spacial score (nSPS) is 12.0. The van der Waals surface area contributed by atoms with Crippen molar-refractivity contribution in [1.82, 2.24) is 9.97 Å². The van der Waals surface area contributed by atoms with Gasteiger partial charge in [0, 0.05) is 12.1 Å². The van der Waals surface area contributed by atoms with E-state index < -0.39 is 23.8 Å². The molecular formula is C21H22N2O6. The molecule has 0 fully saturated rings. The Morgan fingerprint density at radius 3 is 2.62 bits per heavy atom. The number of oxazole rings is 1. The second kappa shape index (κ2) is 8.30. The maximum Gasteiger partial charge on any atom is 0.339 e. The number of esters is 2. The van der Waals surface area contributed by atoms with Crippen molar-refractivity contribution in [2.45, 2.75) is 39.7 Å². The summed E-state index contributed by atoms with van der Waals surface area (Å²) in [4.78, 5) is 43.9. The predicted octanol–water partition coefficient (Wildman–Crippen LogP) is 3.31. The summed E-state index contributed by atoms with van der Waals surface area (Å²) in [6, 6.07) is 7.32. The van der Waals surface area contributed by atoms with Crippen LogP contribution in [0.2, 0.25) is 0 Å². The monoisotopic (exact) mass is 398 g/mol. The lowest BCUT2D eigenvalue weighted by Gasteiger charge is -2.12. The number of fused-ring (bicyclic) bond motifs is 1. The summed E-state index contributed by atoms with van der Waals surface area (Å²) in [5, 5.41) is 0. The Kier molecular flexibility index (Phi) is 5.81. The first kappa shape index (κ1) is 20.3. The van der Waals surface area contributed by atoms with Crippen molar-refractivity contribution in [1.29, 1.82) is 0 Å². The van der Waals surface area contributed by atoms with E-state index in [9.17, 15) is 14.4 Å². The third kappa shape index (κ3) is 4.21. The number of para-hydroxylation sites is 2. The van der Waals surface area contributed by atoms with Gasteiger partial charge in [0.05, 0.1) is 24.8 Å². The second-order valence-corrected chi connectivity index (χ2v) is 6.69. The minimum Gasteiger partial charge on any atom is -0.465 e. The number of aryl methyl sites for hydroxylation is 2. The van der Waals surface area contributed by atoms with E-state index in [-0.39, 0.29) is 18.5 Å². The summed E-state index contributed by atoms with van der Waals surface area (Å²) in [5.41, 5.74) is 2.89. The molecule has 0 amide bonds. The summed E-state index contributed by atoms with van der Waals surface area (Å²) >= 11 is 0. The first-order valence-corrected chi connectivity index (χ1v) is 9.17. The van der Waals surface area contributed by atoms with Crippen molar-refractivity contribution in [2.24, 2.45) is 0 Å². The lowest BCUT2D eigenvalue weighted by molar-refractivity contribution is -0.146. The van der Waals surface area contributed by atoms with Crippen molar-refractivity contribution in [3.8, 4) is 0 Å². The summed E-state index contributed by atoms with van der Waals surface area (Å²) < 4.78 is 15.6. The van der Waals surface area contributed by atoms with Crippen LogP contribution < -0.4 is 0 Å². The van der Waals surface area contributed by atoms with Crippen LogP contribution in [0.3, 0.4) is 0 Å². The van der Waals surface area contributed by atoms with Gasteiger partial charge in [0.2, 0.25) is 5.78 Å². The number of H-pyrrole nitrogens is 1. The number of benzene rings is 1. The molecule has 0 spiro atoms. The Hall–Kier alpha value is -3.42. The molecule has 8 nitrogen and oxygen atoms in total. The van der Waals surface area contributed by atoms with Gasteiger partial charge >= 0.3 is 11.9 Å². The van der Waals surface area contributed by atoms with Gasteiger partial charge in [-0.1, -0.05) is 12.1 Å². The van der Waals surface area contributed by atoms with E-state index in [2.05, 4.69) is 9.97 Å². The molecule has 0 radical (unpaired) electrons. The van der Waals surface area contributed by atoms with Crippen LogP contribution in [0.5, 0.6) is 0 Å². The maximum absolute atomic E-state index is 12.7. The Morgan fingerprint density at radius 1 is 1.21 bits per heavy atom. The molecule has 152 valence electrons. The van der Waals surface area contributed by atoms with Gasteiger partial charge < -0.3 is 18.9 Å². The first-order valence-electron chi connectivity index (χ1n) is 9.17. The van der Waals surface area contributed by atoms with E-state index >= 15 is 0 Å². The van der Waals surface area contributed by atoms with Gasteiger partial charge in [-0.2, -0.15) is 0 Å². The molecule has 0 aliphatic carbocycles. The van der Waals surface area contributed by atoms with Gasteiger partial charge in [-0.15, -0.1) is 0 Å². The molecule has 1 atom stereocenters. The Morgan fingerprint density at radius 2 is 1.93 bits per heavy atom. The third-order valence-corrected chi connectivity index (χ3v) is 4.63. The number of nitrogens with one attached hydrogen (secondary N) is 1. The number of carbonyl (C=O) groups is 3. The number of hydrogen-bond donors (Lipinski definition) is 1. The van der Waals surface area contributed by atoms with Crippen LogP contribution in [0.15, 0.2) is 28.7 Å². The second-order valence-electron chi connectivity index (χ2n) is 6.69. The highest BCUT2D eigenvalue weighted by Crippen LogP contribution is 2.21. The van der Waals surface area contributed by atoms with E-state index in [1.54, 1.807) is 19.9 Å². The van der Waals surface area contributed by atoms with Crippen molar-refractivity contribution in [3.63, 3.8) is 0 Å². The zero-order valence-corrected chi connectivity index (χ0v) is 16.7. The smallest absolute Gasteiger partial charge is 0.339 e. The molecule has 3 rings (SSSR count). The summed E-state index contributed by atoms with van der Waals surface area (Å²) in [6.07, 6.45) is -0.712. The average molecular weight is 398 g/mol. The fraction of sp³-hybridized carbons (Fsp3) is 0.333. The Bertz CT molecular complexity index is 1050. The maximum atomic E-state index is 12.7. The van der Waals surface area contributed by atoms with Crippen LogP contribution in [0.25, 0.3) is 11.1 Å².